The van der Waals surface area contributed by atoms with Crippen molar-refractivity contribution >= 4 is 45.9 Å². The fourth-order valence-electron chi connectivity index (χ4n) is 3.15. The van der Waals surface area contributed by atoms with Crippen LogP contribution in [-0.4, -0.2) is 68.7 Å². The fourth-order valence-corrected chi connectivity index (χ4v) is 3.56. The number of ether oxygens (including phenoxy) is 1. The Morgan fingerprint density at radius 1 is 1.23 bits per heavy atom. The third-order valence-corrected chi connectivity index (χ3v) is 5.73. The Balaban J connectivity index is 0.00000338. The van der Waals surface area contributed by atoms with Gasteiger partial charge >= 0.3 is 0 Å². The zero-order chi connectivity index (χ0) is 18.3. The number of guanidine groups is 1. The average Bonchev–Trinajstić information content (AvgIpc) is 2.61. The van der Waals surface area contributed by atoms with Crippen LogP contribution in [0.5, 0.6) is 0 Å². The van der Waals surface area contributed by atoms with Crippen LogP contribution in [0.1, 0.15) is 25.3 Å². The van der Waals surface area contributed by atoms with Crippen LogP contribution in [-0.2, 0) is 11.3 Å². The maximum atomic E-state index is 5.56. The normalized spacial score (nSPS) is 16.9. The SMILES string of the molecule is CCNC(=NCC1(N(C)C)CCOCC1)N(C)Cc1ccccc1Br.I. The molecule has 1 aliphatic heterocycles. The lowest BCUT2D eigenvalue weighted by atomic mass is 9.89. The van der Waals surface area contributed by atoms with Crippen LogP contribution in [0.25, 0.3) is 0 Å². The first-order chi connectivity index (χ1) is 12.0. The van der Waals surface area contributed by atoms with Crippen molar-refractivity contribution in [3.8, 4) is 0 Å². The molecule has 1 saturated heterocycles. The predicted molar refractivity (Wildman–Crippen MR) is 123 cm³/mol. The van der Waals surface area contributed by atoms with Gasteiger partial charge in [0.1, 0.15) is 0 Å². The third kappa shape index (κ3) is 6.35. The maximum absolute atomic E-state index is 5.56. The molecule has 1 aromatic carbocycles. The van der Waals surface area contributed by atoms with Crippen LogP contribution in [0.2, 0.25) is 0 Å². The van der Waals surface area contributed by atoms with Gasteiger partial charge in [-0.05, 0) is 45.5 Å². The smallest absolute Gasteiger partial charge is 0.194 e. The van der Waals surface area contributed by atoms with Gasteiger partial charge in [-0.1, -0.05) is 34.1 Å². The topological polar surface area (TPSA) is 40.1 Å². The number of nitrogens with zero attached hydrogens (tertiary/aromatic N) is 3. The number of aliphatic imine (C=N–C) groups is 1. The molecule has 1 heterocycles. The van der Waals surface area contributed by atoms with Crippen molar-refractivity contribution in [2.75, 3.05) is 47.4 Å². The van der Waals surface area contributed by atoms with Crippen molar-refractivity contribution in [1.82, 2.24) is 15.1 Å². The first-order valence-corrected chi connectivity index (χ1v) is 9.76. The monoisotopic (exact) mass is 538 g/mol. The molecule has 0 aromatic heterocycles. The predicted octanol–water partition coefficient (Wildman–Crippen LogP) is 3.58. The second kappa shape index (κ2) is 11.5. The van der Waals surface area contributed by atoms with E-state index in [0.717, 1.165) is 56.1 Å². The Morgan fingerprint density at radius 3 is 2.46 bits per heavy atom. The first kappa shape index (κ1) is 23.7. The van der Waals surface area contributed by atoms with E-state index in [9.17, 15) is 0 Å². The molecule has 0 saturated carbocycles. The van der Waals surface area contributed by atoms with Crippen molar-refractivity contribution in [3.05, 3.63) is 34.3 Å². The molecule has 148 valence electrons. The quantitative estimate of drug-likeness (QED) is 0.341. The van der Waals surface area contributed by atoms with Crippen LogP contribution in [0, 0.1) is 0 Å². The number of hydrogen-bond acceptors (Lipinski definition) is 3. The van der Waals surface area contributed by atoms with Gasteiger partial charge in [-0.25, -0.2) is 0 Å². The first-order valence-electron chi connectivity index (χ1n) is 8.96. The number of hydrogen-bond donors (Lipinski definition) is 1. The lowest BCUT2D eigenvalue weighted by molar-refractivity contribution is -0.00262. The van der Waals surface area contributed by atoms with Gasteiger partial charge in [-0.3, -0.25) is 4.99 Å². The molecule has 1 aromatic rings. The van der Waals surface area contributed by atoms with Gasteiger partial charge in [-0.15, -0.1) is 24.0 Å². The van der Waals surface area contributed by atoms with E-state index >= 15 is 0 Å². The minimum absolute atomic E-state index is 0. The van der Waals surface area contributed by atoms with Crippen molar-refractivity contribution in [1.29, 1.82) is 0 Å². The van der Waals surface area contributed by atoms with Crippen LogP contribution in [0.15, 0.2) is 33.7 Å². The summed E-state index contributed by atoms with van der Waals surface area (Å²) in [5, 5.41) is 3.43. The molecule has 0 aliphatic carbocycles. The van der Waals surface area contributed by atoms with E-state index in [4.69, 9.17) is 9.73 Å². The standard InChI is InChI=1S/C19H31BrN4O.HI/c1-5-21-18(24(4)14-16-8-6-7-9-17(16)20)22-15-19(23(2)3)10-12-25-13-11-19;/h6-9H,5,10-15H2,1-4H3,(H,21,22);1H. The minimum atomic E-state index is 0. The summed E-state index contributed by atoms with van der Waals surface area (Å²) in [7, 11) is 6.39. The number of rotatable bonds is 6. The van der Waals surface area contributed by atoms with E-state index in [0.29, 0.717) is 0 Å². The average molecular weight is 539 g/mol. The van der Waals surface area contributed by atoms with Gasteiger partial charge in [-0.2, -0.15) is 0 Å². The number of benzene rings is 1. The van der Waals surface area contributed by atoms with Gasteiger partial charge in [0, 0.05) is 43.4 Å². The van der Waals surface area contributed by atoms with Gasteiger partial charge in [0.05, 0.1) is 6.54 Å². The van der Waals surface area contributed by atoms with Gasteiger partial charge in [0.2, 0.25) is 0 Å². The molecule has 1 fully saturated rings. The molecular weight excluding hydrogens is 507 g/mol. The Bertz CT molecular complexity index is 576. The molecule has 1 N–H and O–H groups in total. The van der Waals surface area contributed by atoms with Crippen LogP contribution in [0.4, 0.5) is 0 Å². The summed E-state index contributed by atoms with van der Waals surface area (Å²) in [5.41, 5.74) is 1.34. The summed E-state index contributed by atoms with van der Waals surface area (Å²) in [6, 6.07) is 8.33. The van der Waals surface area contributed by atoms with Crippen LogP contribution in [0.3, 0.4) is 0 Å². The van der Waals surface area contributed by atoms with Crippen LogP contribution >= 0.6 is 39.9 Å². The zero-order valence-corrected chi connectivity index (χ0v) is 20.2. The summed E-state index contributed by atoms with van der Waals surface area (Å²) in [6.45, 7) is 6.20. The van der Waals surface area contributed by atoms with Crippen molar-refractivity contribution < 1.29 is 4.74 Å². The summed E-state index contributed by atoms with van der Waals surface area (Å²) in [5.74, 6) is 0.950. The lowest BCUT2D eigenvalue weighted by Gasteiger charge is -2.42. The maximum Gasteiger partial charge on any atom is 0.194 e. The number of halogens is 2. The molecule has 7 heteroatoms. The van der Waals surface area contributed by atoms with Gasteiger partial charge in [0.15, 0.2) is 5.96 Å². The number of nitrogens with one attached hydrogen (secondary N) is 1. The molecule has 0 amide bonds. The summed E-state index contributed by atoms with van der Waals surface area (Å²) in [4.78, 5) is 9.48. The van der Waals surface area contributed by atoms with E-state index in [1.807, 2.05) is 6.07 Å². The highest BCUT2D eigenvalue weighted by Gasteiger charge is 2.34. The Hall–Kier alpha value is -0.380. The van der Waals surface area contributed by atoms with E-state index in [1.54, 1.807) is 0 Å². The molecule has 0 unspecified atom stereocenters. The molecule has 1 aliphatic rings. The third-order valence-electron chi connectivity index (χ3n) is 4.96. The zero-order valence-electron chi connectivity index (χ0n) is 16.3. The molecule has 5 nitrogen and oxygen atoms in total. The second-order valence-electron chi connectivity index (χ2n) is 6.85. The molecule has 0 spiro atoms. The largest absolute Gasteiger partial charge is 0.381 e. The highest BCUT2D eigenvalue weighted by Crippen LogP contribution is 2.26. The van der Waals surface area contributed by atoms with Crippen molar-refractivity contribution in [3.63, 3.8) is 0 Å². The fraction of sp³-hybridized carbons (Fsp3) is 0.632. The summed E-state index contributed by atoms with van der Waals surface area (Å²) >= 11 is 3.63. The van der Waals surface area contributed by atoms with Gasteiger partial charge in [0.25, 0.3) is 0 Å². The van der Waals surface area contributed by atoms with Crippen LogP contribution < -0.4 is 5.32 Å². The number of likely N-dealkylation sites (N-methyl/N-ethyl adjacent to an activating group) is 1. The molecule has 0 radical (unpaired) electrons. The minimum Gasteiger partial charge on any atom is -0.381 e. The lowest BCUT2D eigenvalue weighted by Crippen LogP contribution is -2.51. The highest BCUT2D eigenvalue weighted by molar-refractivity contribution is 14.0. The van der Waals surface area contributed by atoms with Gasteiger partial charge < -0.3 is 19.9 Å². The summed E-state index contributed by atoms with van der Waals surface area (Å²) < 4.78 is 6.69. The van der Waals surface area contributed by atoms with Crippen molar-refractivity contribution in [2.45, 2.75) is 31.8 Å². The van der Waals surface area contributed by atoms with E-state index < -0.39 is 0 Å². The second-order valence-corrected chi connectivity index (χ2v) is 7.70. The molecule has 2 rings (SSSR count). The Kier molecular flexibility index (Phi) is 10.4. The van der Waals surface area contributed by atoms with E-state index in [1.165, 1.54) is 5.56 Å². The van der Waals surface area contributed by atoms with E-state index in [-0.39, 0.29) is 29.5 Å². The molecule has 0 atom stereocenters. The Labute approximate surface area is 183 Å². The molecule has 0 bridgehead atoms. The van der Waals surface area contributed by atoms with E-state index in [2.05, 4.69) is 77.3 Å². The summed E-state index contributed by atoms with van der Waals surface area (Å²) in [6.07, 6.45) is 2.05. The van der Waals surface area contributed by atoms with Crippen molar-refractivity contribution in [2.24, 2.45) is 4.99 Å². The molecule has 26 heavy (non-hydrogen) atoms. The molecular formula is C19H32BrIN4O. The highest BCUT2D eigenvalue weighted by atomic mass is 127. The Morgan fingerprint density at radius 2 is 1.88 bits per heavy atom.